The first-order valence-corrected chi connectivity index (χ1v) is 14.3. The van der Waals surface area contributed by atoms with Crippen LogP contribution in [0.4, 0.5) is 10.1 Å². The number of hydrogen-bond acceptors (Lipinski definition) is 8. The maximum Gasteiger partial charge on any atom is 0.266 e. The van der Waals surface area contributed by atoms with Crippen LogP contribution in [0.15, 0.2) is 65.8 Å². The minimum absolute atomic E-state index is 0.210. The molecule has 10 nitrogen and oxygen atoms in total. The van der Waals surface area contributed by atoms with E-state index in [2.05, 4.69) is 37.2 Å². The van der Waals surface area contributed by atoms with Crippen LogP contribution in [0.3, 0.4) is 0 Å². The van der Waals surface area contributed by atoms with Crippen molar-refractivity contribution >= 4 is 27.6 Å². The summed E-state index contributed by atoms with van der Waals surface area (Å²) in [5, 5.41) is 9.01. The van der Waals surface area contributed by atoms with Crippen molar-refractivity contribution in [2.24, 2.45) is 0 Å². The second-order valence-corrected chi connectivity index (χ2v) is 10.7. The van der Waals surface area contributed by atoms with Gasteiger partial charge in [0.25, 0.3) is 5.56 Å². The number of likely N-dealkylation sites (N-methyl/N-ethyl adjacent to an activating group) is 1. The molecule has 0 atom stereocenters. The van der Waals surface area contributed by atoms with E-state index in [9.17, 15) is 9.18 Å². The molecule has 5 heterocycles. The molecule has 1 fully saturated rings. The fraction of sp³-hybridized carbons (Fsp3) is 0.355. The summed E-state index contributed by atoms with van der Waals surface area (Å²) in [7, 11) is 3.75. The number of ether oxygens (including phenoxy) is 1. The molecule has 5 aromatic rings. The van der Waals surface area contributed by atoms with E-state index in [4.69, 9.17) is 4.74 Å². The number of pyridine rings is 2. The second-order valence-electron chi connectivity index (χ2n) is 10.7. The van der Waals surface area contributed by atoms with Gasteiger partial charge in [-0.15, -0.1) is 0 Å². The maximum atomic E-state index is 14.4. The van der Waals surface area contributed by atoms with Crippen LogP contribution in [0, 0.1) is 5.82 Å². The van der Waals surface area contributed by atoms with E-state index in [-0.39, 0.29) is 11.4 Å². The normalized spacial score (nSPS) is 14.5. The summed E-state index contributed by atoms with van der Waals surface area (Å²) in [5.74, 6) is 0.896. The summed E-state index contributed by atoms with van der Waals surface area (Å²) in [4.78, 5) is 26.4. The van der Waals surface area contributed by atoms with Gasteiger partial charge in [-0.2, -0.15) is 5.10 Å². The smallest absolute Gasteiger partial charge is 0.266 e. The number of methoxy groups -OCH3 is 1. The minimum Gasteiger partial charge on any atom is -0.495 e. The molecule has 0 amide bonds. The Balaban J connectivity index is 1.19. The molecule has 6 rings (SSSR count). The molecule has 42 heavy (non-hydrogen) atoms. The highest BCUT2D eigenvalue weighted by Crippen LogP contribution is 2.26. The Morgan fingerprint density at radius 3 is 2.71 bits per heavy atom. The average molecular weight is 571 g/mol. The largest absolute Gasteiger partial charge is 0.495 e. The third-order valence-electron chi connectivity index (χ3n) is 7.89. The van der Waals surface area contributed by atoms with Gasteiger partial charge in [0.2, 0.25) is 0 Å². The summed E-state index contributed by atoms with van der Waals surface area (Å²) >= 11 is 0. The van der Waals surface area contributed by atoms with Crippen LogP contribution >= 0.6 is 0 Å². The third kappa shape index (κ3) is 5.97. The van der Waals surface area contributed by atoms with E-state index in [0.29, 0.717) is 35.7 Å². The molecular weight excluding hydrogens is 535 g/mol. The Bertz CT molecular complexity index is 1760. The van der Waals surface area contributed by atoms with Gasteiger partial charge in [0.05, 0.1) is 36.6 Å². The van der Waals surface area contributed by atoms with Gasteiger partial charge in [0.1, 0.15) is 17.1 Å². The van der Waals surface area contributed by atoms with Crippen LogP contribution in [0.1, 0.15) is 12.0 Å². The molecule has 4 aromatic heterocycles. The number of aromatic nitrogens is 5. The topological polar surface area (TPSA) is 93.3 Å². The lowest BCUT2D eigenvalue weighted by molar-refractivity contribution is 0.153. The summed E-state index contributed by atoms with van der Waals surface area (Å²) in [6.07, 6.45) is 7.28. The summed E-state index contributed by atoms with van der Waals surface area (Å²) in [6, 6.07) is 11.8. The maximum absolute atomic E-state index is 14.4. The van der Waals surface area contributed by atoms with Crippen LogP contribution < -0.4 is 15.6 Å². The molecule has 0 spiro atoms. The quantitative estimate of drug-likeness (QED) is 0.273. The van der Waals surface area contributed by atoms with Gasteiger partial charge in [-0.05, 0) is 62.3 Å². The third-order valence-corrected chi connectivity index (χ3v) is 7.89. The van der Waals surface area contributed by atoms with Crippen molar-refractivity contribution in [2.75, 3.05) is 58.7 Å². The Kier molecular flexibility index (Phi) is 8.11. The predicted octanol–water partition coefficient (Wildman–Crippen LogP) is 3.57. The highest BCUT2D eigenvalue weighted by atomic mass is 19.1. The number of anilines is 1. The van der Waals surface area contributed by atoms with Crippen molar-refractivity contribution in [2.45, 2.75) is 19.4 Å². The average Bonchev–Trinajstić information content (AvgIpc) is 3.36. The van der Waals surface area contributed by atoms with Gasteiger partial charge < -0.3 is 19.9 Å². The lowest BCUT2D eigenvalue weighted by atomic mass is 10.1. The van der Waals surface area contributed by atoms with Gasteiger partial charge in [-0.25, -0.2) is 14.1 Å². The van der Waals surface area contributed by atoms with E-state index < -0.39 is 0 Å². The first-order valence-electron chi connectivity index (χ1n) is 14.3. The second kappa shape index (κ2) is 12.3. The highest BCUT2D eigenvalue weighted by Gasteiger charge is 2.16. The van der Waals surface area contributed by atoms with Crippen LogP contribution in [-0.4, -0.2) is 87.5 Å². The van der Waals surface area contributed by atoms with Crippen molar-refractivity contribution < 1.29 is 9.13 Å². The van der Waals surface area contributed by atoms with Crippen molar-refractivity contribution in [3.8, 4) is 11.6 Å². The number of halogens is 1. The Morgan fingerprint density at radius 2 is 1.88 bits per heavy atom. The fourth-order valence-corrected chi connectivity index (χ4v) is 5.51. The van der Waals surface area contributed by atoms with E-state index in [1.165, 1.54) is 22.9 Å². The van der Waals surface area contributed by atoms with E-state index in [0.717, 1.165) is 67.7 Å². The molecule has 1 N–H and O–H groups in total. The van der Waals surface area contributed by atoms with Gasteiger partial charge in [-0.1, -0.05) is 0 Å². The van der Waals surface area contributed by atoms with Crippen molar-refractivity contribution in [3.63, 3.8) is 0 Å². The lowest BCUT2D eigenvalue weighted by Gasteiger charge is -2.32. The lowest BCUT2D eigenvalue weighted by Crippen LogP contribution is -2.44. The zero-order valence-electron chi connectivity index (χ0n) is 24.0. The molecule has 1 aliphatic rings. The highest BCUT2D eigenvalue weighted by molar-refractivity contribution is 5.88. The van der Waals surface area contributed by atoms with Crippen LogP contribution in [0.25, 0.3) is 27.8 Å². The monoisotopic (exact) mass is 570 g/mol. The SMILES string of the molecule is COc1cnc2c(NCCn3nc(-n4cc(CCCN5CCN(C)CC5)c5ccc(F)cc54)ccc3=O)ccnc2c1. The Hall–Kier alpha value is -4.35. The van der Waals surface area contributed by atoms with Crippen molar-refractivity contribution in [3.05, 3.63) is 82.8 Å². The summed E-state index contributed by atoms with van der Waals surface area (Å²) in [5.41, 5.74) is 3.91. The van der Waals surface area contributed by atoms with Crippen molar-refractivity contribution in [1.82, 2.24) is 34.1 Å². The van der Waals surface area contributed by atoms with E-state index in [1.54, 1.807) is 25.6 Å². The molecule has 1 saturated heterocycles. The molecular formula is C31H35FN8O2. The Labute approximate surface area is 243 Å². The molecule has 1 aromatic carbocycles. The Morgan fingerprint density at radius 1 is 1.02 bits per heavy atom. The minimum atomic E-state index is -0.306. The van der Waals surface area contributed by atoms with Gasteiger partial charge in [-0.3, -0.25) is 14.3 Å². The van der Waals surface area contributed by atoms with Gasteiger partial charge in [0, 0.05) is 62.6 Å². The number of nitrogens with zero attached hydrogens (tertiary/aromatic N) is 7. The number of benzene rings is 1. The number of piperazine rings is 1. The van der Waals surface area contributed by atoms with E-state index in [1.807, 2.05) is 29.0 Å². The molecule has 0 aliphatic carbocycles. The molecule has 0 saturated carbocycles. The van der Waals surface area contributed by atoms with Crippen LogP contribution in [0.2, 0.25) is 0 Å². The molecule has 0 unspecified atom stereocenters. The number of fused-ring (bicyclic) bond motifs is 2. The number of nitrogens with one attached hydrogen (secondary N) is 1. The predicted molar refractivity (Wildman–Crippen MR) is 162 cm³/mol. The zero-order chi connectivity index (χ0) is 29.1. The number of rotatable bonds is 10. The number of hydrogen-bond donors (Lipinski definition) is 1. The summed E-state index contributed by atoms with van der Waals surface area (Å²) < 4.78 is 22.9. The van der Waals surface area contributed by atoms with E-state index >= 15 is 0 Å². The van der Waals surface area contributed by atoms with Crippen molar-refractivity contribution in [1.29, 1.82) is 0 Å². The summed E-state index contributed by atoms with van der Waals surface area (Å²) in [6.45, 7) is 6.19. The number of aryl methyl sites for hydroxylation is 1. The van der Waals surface area contributed by atoms with Crippen LogP contribution in [-0.2, 0) is 13.0 Å². The standard InChI is InChI=1S/C31H35FN8O2/c1-37-14-16-38(17-15-37)12-3-4-22-21-39(28-18-23(32)5-6-25(22)28)29-7-8-30(41)40(36-29)13-11-34-26-9-10-33-27-19-24(42-2)20-35-31(26)27/h5-10,18-21H,3-4,11-17H2,1-2H3,(H,33,34). The zero-order valence-corrected chi connectivity index (χ0v) is 24.0. The first kappa shape index (κ1) is 27.8. The first-order chi connectivity index (χ1) is 20.5. The van der Waals surface area contributed by atoms with Gasteiger partial charge >= 0.3 is 0 Å². The molecule has 0 bridgehead atoms. The van der Waals surface area contributed by atoms with Gasteiger partial charge in [0.15, 0.2) is 5.82 Å². The molecule has 1 aliphatic heterocycles. The molecule has 0 radical (unpaired) electrons. The van der Waals surface area contributed by atoms with Crippen LogP contribution in [0.5, 0.6) is 5.75 Å². The fourth-order valence-electron chi connectivity index (χ4n) is 5.51. The molecule has 11 heteroatoms. The molecule has 218 valence electrons.